The third-order valence-electron chi connectivity index (χ3n) is 3.11. The fraction of sp³-hybridized carbons (Fsp3) is 0.125. The Morgan fingerprint density at radius 1 is 1.05 bits per heavy atom. The molecular weight excluding hydrogens is 275 g/mol. The maximum atomic E-state index is 13.5. The maximum Gasteiger partial charge on any atom is 0.336 e. The third kappa shape index (κ3) is 2.91. The Kier molecular flexibility index (Phi) is 4.03. The lowest BCUT2D eigenvalue weighted by molar-refractivity contribution is 0.0697. The van der Waals surface area contributed by atoms with Gasteiger partial charge < -0.3 is 9.84 Å². The number of aromatic carboxylic acids is 1. The number of benzene rings is 2. The number of ether oxygens (including phenoxy) is 1. The summed E-state index contributed by atoms with van der Waals surface area (Å²) in [4.78, 5) is 23.1. The number of hydrogen-bond donors (Lipinski definition) is 1. The van der Waals surface area contributed by atoms with Gasteiger partial charge in [-0.25, -0.2) is 9.18 Å². The molecule has 0 fully saturated rings. The number of carboxylic acids is 1. The predicted molar refractivity (Wildman–Crippen MR) is 75.4 cm³/mol. The highest BCUT2D eigenvalue weighted by Crippen LogP contribution is 2.31. The van der Waals surface area contributed by atoms with Crippen molar-refractivity contribution in [1.82, 2.24) is 0 Å². The molecule has 0 saturated heterocycles. The first-order valence-electron chi connectivity index (χ1n) is 6.16. The average molecular weight is 288 g/mol. The predicted octanol–water partition coefficient (Wildman–Crippen LogP) is 3.40. The minimum atomic E-state index is -1.18. The Bertz CT molecular complexity index is 722. The Balaban J connectivity index is 2.75. The van der Waals surface area contributed by atoms with Crippen molar-refractivity contribution in [1.29, 1.82) is 0 Å². The topological polar surface area (TPSA) is 63.6 Å². The Hall–Kier alpha value is -2.69. The van der Waals surface area contributed by atoms with Crippen LogP contribution in [-0.4, -0.2) is 24.0 Å². The molecule has 1 N–H and O–H groups in total. The van der Waals surface area contributed by atoms with Gasteiger partial charge in [0.05, 0.1) is 12.7 Å². The SMILES string of the molecule is COc1ccc(-c2cc(F)ccc2C(=O)O)c(C(C)=O)c1. The molecule has 0 saturated carbocycles. The van der Waals surface area contributed by atoms with Crippen molar-refractivity contribution in [3.63, 3.8) is 0 Å². The number of carbonyl (C=O) groups is 2. The Morgan fingerprint density at radius 2 is 1.76 bits per heavy atom. The third-order valence-corrected chi connectivity index (χ3v) is 3.11. The van der Waals surface area contributed by atoms with Crippen LogP contribution in [-0.2, 0) is 0 Å². The van der Waals surface area contributed by atoms with Crippen LogP contribution in [0.3, 0.4) is 0 Å². The number of rotatable bonds is 4. The van der Waals surface area contributed by atoms with Crippen molar-refractivity contribution in [3.05, 3.63) is 53.3 Å². The van der Waals surface area contributed by atoms with Crippen LogP contribution in [0.4, 0.5) is 4.39 Å². The van der Waals surface area contributed by atoms with E-state index in [2.05, 4.69) is 0 Å². The second-order valence-electron chi connectivity index (χ2n) is 4.46. The highest BCUT2D eigenvalue weighted by molar-refractivity contribution is 6.04. The first-order chi connectivity index (χ1) is 9.93. The summed E-state index contributed by atoms with van der Waals surface area (Å²) < 4.78 is 18.5. The van der Waals surface area contributed by atoms with Crippen molar-refractivity contribution >= 4 is 11.8 Å². The molecule has 4 nitrogen and oxygen atoms in total. The van der Waals surface area contributed by atoms with Crippen LogP contribution in [0.1, 0.15) is 27.6 Å². The number of carbonyl (C=O) groups excluding carboxylic acids is 1. The van der Waals surface area contributed by atoms with Gasteiger partial charge in [0.1, 0.15) is 11.6 Å². The number of hydrogen-bond acceptors (Lipinski definition) is 3. The zero-order chi connectivity index (χ0) is 15.6. The number of methoxy groups -OCH3 is 1. The van der Waals surface area contributed by atoms with Crippen LogP contribution in [0.25, 0.3) is 11.1 Å². The molecule has 0 aromatic heterocycles. The highest BCUT2D eigenvalue weighted by Gasteiger charge is 2.18. The van der Waals surface area contributed by atoms with E-state index in [-0.39, 0.29) is 22.5 Å². The largest absolute Gasteiger partial charge is 0.497 e. The van der Waals surface area contributed by atoms with E-state index < -0.39 is 11.8 Å². The van der Waals surface area contributed by atoms with Gasteiger partial charge in [-0.1, -0.05) is 0 Å². The number of Topliss-reactive ketones (excluding diaryl/α,β-unsaturated/α-hetero) is 1. The molecule has 2 aromatic rings. The van der Waals surface area contributed by atoms with E-state index in [0.29, 0.717) is 11.3 Å². The molecule has 2 aromatic carbocycles. The molecular formula is C16H13FO4. The van der Waals surface area contributed by atoms with Crippen LogP contribution < -0.4 is 4.74 Å². The lowest BCUT2D eigenvalue weighted by atomic mass is 9.93. The summed E-state index contributed by atoms with van der Waals surface area (Å²) in [6, 6.07) is 8.02. The summed E-state index contributed by atoms with van der Waals surface area (Å²) in [6.07, 6.45) is 0. The van der Waals surface area contributed by atoms with Gasteiger partial charge in [-0.05, 0) is 54.4 Å². The van der Waals surface area contributed by atoms with E-state index in [1.165, 1.54) is 26.2 Å². The van der Waals surface area contributed by atoms with Crippen LogP contribution in [0.2, 0.25) is 0 Å². The van der Waals surface area contributed by atoms with E-state index in [9.17, 15) is 19.1 Å². The zero-order valence-electron chi connectivity index (χ0n) is 11.5. The molecule has 0 aliphatic rings. The quantitative estimate of drug-likeness (QED) is 0.876. The highest BCUT2D eigenvalue weighted by atomic mass is 19.1. The van der Waals surface area contributed by atoms with Crippen molar-refractivity contribution in [3.8, 4) is 16.9 Å². The second kappa shape index (κ2) is 5.75. The first-order valence-corrected chi connectivity index (χ1v) is 6.16. The average Bonchev–Trinajstić information content (AvgIpc) is 2.46. The molecule has 108 valence electrons. The molecule has 2 rings (SSSR count). The minimum absolute atomic E-state index is 0.0657. The second-order valence-corrected chi connectivity index (χ2v) is 4.46. The molecule has 0 atom stereocenters. The summed E-state index contributed by atoms with van der Waals surface area (Å²) in [7, 11) is 1.46. The molecule has 21 heavy (non-hydrogen) atoms. The van der Waals surface area contributed by atoms with Gasteiger partial charge in [-0.15, -0.1) is 0 Å². The lowest BCUT2D eigenvalue weighted by Gasteiger charge is -2.12. The van der Waals surface area contributed by atoms with Gasteiger partial charge >= 0.3 is 5.97 Å². The van der Waals surface area contributed by atoms with E-state index in [1.807, 2.05) is 0 Å². The summed E-state index contributed by atoms with van der Waals surface area (Å²) in [5.41, 5.74) is 0.738. The normalized spacial score (nSPS) is 10.2. The fourth-order valence-electron chi connectivity index (χ4n) is 2.10. The monoisotopic (exact) mass is 288 g/mol. The van der Waals surface area contributed by atoms with Crippen LogP contribution in [0, 0.1) is 5.82 Å². The molecule has 0 heterocycles. The van der Waals surface area contributed by atoms with Crippen LogP contribution in [0.5, 0.6) is 5.75 Å². The first kappa shape index (κ1) is 14.7. The lowest BCUT2D eigenvalue weighted by Crippen LogP contribution is -2.04. The summed E-state index contributed by atoms with van der Waals surface area (Å²) in [5.74, 6) is -1.54. The fourth-order valence-corrected chi connectivity index (χ4v) is 2.10. The molecule has 5 heteroatoms. The van der Waals surface area contributed by atoms with E-state index in [4.69, 9.17) is 4.74 Å². The maximum absolute atomic E-state index is 13.5. The number of carboxylic acid groups (broad SMARTS) is 1. The molecule has 0 aliphatic heterocycles. The standard InChI is InChI=1S/C16H13FO4/c1-9(18)14-8-11(21-2)4-6-12(14)15-7-10(17)3-5-13(15)16(19)20/h3-8H,1-2H3,(H,19,20). The van der Waals surface area contributed by atoms with E-state index in [1.54, 1.807) is 12.1 Å². The molecule has 0 aliphatic carbocycles. The molecule has 0 unspecified atom stereocenters. The van der Waals surface area contributed by atoms with Crippen molar-refractivity contribution in [2.24, 2.45) is 0 Å². The minimum Gasteiger partial charge on any atom is -0.497 e. The van der Waals surface area contributed by atoms with Gasteiger partial charge in [0, 0.05) is 5.56 Å². The van der Waals surface area contributed by atoms with Crippen molar-refractivity contribution < 1.29 is 23.8 Å². The summed E-state index contributed by atoms with van der Waals surface area (Å²) >= 11 is 0. The van der Waals surface area contributed by atoms with Gasteiger partial charge in [0.15, 0.2) is 5.78 Å². The van der Waals surface area contributed by atoms with Gasteiger partial charge in [0.25, 0.3) is 0 Å². The van der Waals surface area contributed by atoms with Gasteiger partial charge in [-0.2, -0.15) is 0 Å². The smallest absolute Gasteiger partial charge is 0.336 e. The Labute approximate surface area is 120 Å². The molecule has 0 radical (unpaired) electrons. The van der Waals surface area contributed by atoms with Crippen molar-refractivity contribution in [2.75, 3.05) is 7.11 Å². The van der Waals surface area contributed by atoms with E-state index >= 15 is 0 Å². The summed E-state index contributed by atoms with van der Waals surface area (Å²) in [6.45, 7) is 1.36. The number of ketones is 1. The zero-order valence-corrected chi connectivity index (χ0v) is 11.5. The van der Waals surface area contributed by atoms with Crippen LogP contribution in [0.15, 0.2) is 36.4 Å². The molecule has 0 bridgehead atoms. The van der Waals surface area contributed by atoms with Gasteiger partial charge in [-0.3, -0.25) is 4.79 Å². The van der Waals surface area contributed by atoms with Crippen molar-refractivity contribution in [2.45, 2.75) is 6.92 Å². The molecule has 0 spiro atoms. The van der Waals surface area contributed by atoms with Crippen LogP contribution >= 0.6 is 0 Å². The molecule has 0 amide bonds. The Morgan fingerprint density at radius 3 is 2.33 bits per heavy atom. The van der Waals surface area contributed by atoms with Gasteiger partial charge in [0.2, 0.25) is 0 Å². The number of halogens is 1. The summed E-state index contributed by atoms with van der Waals surface area (Å²) in [5, 5.41) is 9.22. The van der Waals surface area contributed by atoms with E-state index in [0.717, 1.165) is 12.1 Å².